The van der Waals surface area contributed by atoms with Gasteiger partial charge in [0.25, 0.3) is 5.91 Å². The molecule has 49 heavy (non-hydrogen) atoms. The SMILES string of the molecule is C#C[C@]1(C)C(=O)C(C#N)=C[C@]2(C)C3=CC(=O)[C@@H]4C5CC(C)(C)CC[C@]5(C(=O)n5cnc(-c6cccc(C(N)=O)n6)c5)CCC4[C@]3(C)CCC12. The number of primary amides is 1. The highest BCUT2D eigenvalue weighted by Gasteiger charge is 2.67. The number of ketones is 2. The van der Waals surface area contributed by atoms with Crippen molar-refractivity contribution in [3.05, 3.63) is 59.7 Å². The minimum atomic E-state index is -1.14. The fourth-order valence-electron chi connectivity index (χ4n) is 11.1. The quantitative estimate of drug-likeness (QED) is 0.391. The molecule has 0 aliphatic heterocycles. The highest BCUT2D eigenvalue weighted by Crippen LogP contribution is 2.70. The maximum atomic E-state index is 14.8. The zero-order chi connectivity index (χ0) is 35.3. The third kappa shape index (κ3) is 4.50. The number of nitrogens with zero attached hydrogens (tertiary/aromatic N) is 4. The smallest absolute Gasteiger partial charge is 0.267 e. The Labute approximate surface area is 287 Å². The van der Waals surface area contributed by atoms with E-state index >= 15 is 0 Å². The Hall–Kier alpha value is -4.63. The molecule has 9 heteroatoms. The molecule has 252 valence electrons. The maximum absolute atomic E-state index is 14.8. The van der Waals surface area contributed by atoms with Gasteiger partial charge < -0.3 is 5.73 Å². The fraction of sp³-hybridized carbons (Fsp3) is 0.525. The van der Waals surface area contributed by atoms with Crippen molar-refractivity contribution >= 4 is 23.4 Å². The van der Waals surface area contributed by atoms with Crippen molar-refractivity contribution in [2.75, 3.05) is 0 Å². The second-order valence-corrected chi connectivity index (χ2v) is 16.6. The molecule has 7 rings (SSSR count). The molecule has 2 N–H and O–H groups in total. The second-order valence-electron chi connectivity index (χ2n) is 16.6. The van der Waals surface area contributed by atoms with E-state index in [2.05, 4.69) is 49.7 Å². The summed E-state index contributed by atoms with van der Waals surface area (Å²) < 4.78 is 1.55. The largest absolute Gasteiger partial charge is 0.364 e. The van der Waals surface area contributed by atoms with Gasteiger partial charge in [-0.3, -0.25) is 23.7 Å². The number of Topliss-reactive ketones (excluding diaryl/α,β-unsaturated/α-hetero) is 1. The number of imidazole rings is 1. The van der Waals surface area contributed by atoms with E-state index in [0.29, 0.717) is 37.1 Å². The lowest BCUT2D eigenvalue weighted by molar-refractivity contribution is -0.142. The molecule has 5 aliphatic carbocycles. The summed E-state index contributed by atoms with van der Waals surface area (Å²) in [5.74, 6) is 1.05. The molecule has 3 fully saturated rings. The lowest BCUT2D eigenvalue weighted by Gasteiger charge is -2.64. The second kappa shape index (κ2) is 10.7. The van der Waals surface area contributed by atoms with Crippen molar-refractivity contribution < 1.29 is 19.2 Å². The average molecular weight is 658 g/mol. The van der Waals surface area contributed by atoms with Crippen LogP contribution in [-0.2, 0) is 9.59 Å². The standard InChI is InChI=1S/C40H43N5O4/c1-7-37(4)30-12-13-38(5)24-11-14-40(35(49)45-21-28(43-22-45)26-9-8-10-27(44-26)34(42)48)16-15-36(2,3)19-25(40)32(24)29(46)17-31(38)39(30,6)18-23(20-41)33(37)47/h1,8-10,17-18,21-22,24-25,30,32H,11-16,19H2,2-6H3,(H2,42,48)/t24?,25?,30?,32-,37-,38-,39-,40+/m0/s1. The Morgan fingerprint density at radius 2 is 1.78 bits per heavy atom. The van der Waals surface area contributed by atoms with Crippen LogP contribution in [0.5, 0.6) is 0 Å². The van der Waals surface area contributed by atoms with E-state index in [4.69, 9.17) is 12.2 Å². The van der Waals surface area contributed by atoms with E-state index in [1.165, 1.54) is 12.4 Å². The first kappa shape index (κ1) is 32.9. The highest BCUT2D eigenvalue weighted by atomic mass is 16.2. The molecular formula is C40H43N5O4. The maximum Gasteiger partial charge on any atom is 0.267 e. The summed E-state index contributed by atoms with van der Waals surface area (Å²) in [6.07, 6.45) is 17.9. The topological polar surface area (TPSA) is 149 Å². The van der Waals surface area contributed by atoms with E-state index in [-0.39, 0.29) is 63.2 Å². The number of hydrogen-bond acceptors (Lipinski definition) is 7. The third-order valence-corrected chi connectivity index (χ3v) is 13.6. The molecule has 0 spiro atoms. The van der Waals surface area contributed by atoms with Crippen LogP contribution in [0, 0.1) is 74.4 Å². The van der Waals surface area contributed by atoms with Crippen LogP contribution >= 0.6 is 0 Å². The lowest BCUT2D eigenvalue weighted by atomic mass is 9.38. The Morgan fingerprint density at radius 1 is 1.02 bits per heavy atom. The molecule has 0 bridgehead atoms. The minimum absolute atomic E-state index is 0.00495. The van der Waals surface area contributed by atoms with Gasteiger partial charge in [0.1, 0.15) is 23.8 Å². The summed E-state index contributed by atoms with van der Waals surface area (Å²) >= 11 is 0. The molecule has 0 radical (unpaired) electrons. The fourth-order valence-corrected chi connectivity index (χ4v) is 11.1. The zero-order valence-corrected chi connectivity index (χ0v) is 28.9. The number of rotatable bonds is 3. The van der Waals surface area contributed by atoms with Gasteiger partial charge in [0.2, 0.25) is 5.91 Å². The van der Waals surface area contributed by atoms with Gasteiger partial charge in [-0.1, -0.05) is 51.3 Å². The van der Waals surface area contributed by atoms with Crippen molar-refractivity contribution in [2.45, 2.75) is 79.6 Å². The van der Waals surface area contributed by atoms with Crippen molar-refractivity contribution in [3.8, 4) is 29.8 Å². The zero-order valence-electron chi connectivity index (χ0n) is 28.9. The highest BCUT2D eigenvalue weighted by molar-refractivity contribution is 6.06. The van der Waals surface area contributed by atoms with E-state index in [1.54, 1.807) is 35.9 Å². The number of carbonyl (C=O) groups is 4. The van der Waals surface area contributed by atoms with Crippen LogP contribution in [0.3, 0.4) is 0 Å². The minimum Gasteiger partial charge on any atom is -0.364 e. The first-order valence-electron chi connectivity index (χ1n) is 17.3. The summed E-state index contributed by atoms with van der Waals surface area (Å²) in [5, 5.41) is 9.99. The molecule has 5 aliphatic rings. The molecule has 2 aromatic heterocycles. The van der Waals surface area contributed by atoms with Gasteiger partial charge >= 0.3 is 0 Å². The van der Waals surface area contributed by atoms with Crippen molar-refractivity contribution in [1.29, 1.82) is 5.26 Å². The van der Waals surface area contributed by atoms with Gasteiger partial charge in [-0.2, -0.15) is 5.26 Å². The summed E-state index contributed by atoms with van der Waals surface area (Å²) in [5.41, 5.74) is 4.48. The monoisotopic (exact) mass is 657 g/mol. The Kier molecular flexibility index (Phi) is 7.17. The predicted molar refractivity (Wildman–Crippen MR) is 182 cm³/mol. The molecule has 1 amide bonds. The summed E-state index contributed by atoms with van der Waals surface area (Å²) in [6, 6.07) is 7.05. The molecule has 0 aromatic carbocycles. The van der Waals surface area contributed by atoms with Crippen LogP contribution in [0.4, 0.5) is 0 Å². The van der Waals surface area contributed by atoms with Gasteiger partial charge in [0.15, 0.2) is 11.6 Å². The molecule has 2 heterocycles. The number of nitriles is 1. The van der Waals surface area contributed by atoms with Crippen LogP contribution in [-0.4, -0.2) is 37.9 Å². The number of terminal acetylenes is 1. The molecule has 2 aromatic rings. The first-order valence-corrected chi connectivity index (χ1v) is 17.3. The Balaban J connectivity index is 1.30. The molecule has 3 unspecified atom stereocenters. The summed E-state index contributed by atoms with van der Waals surface area (Å²) in [6.45, 7) is 10.5. The number of amides is 1. The van der Waals surface area contributed by atoms with Crippen LogP contribution in [0.2, 0.25) is 0 Å². The van der Waals surface area contributed by atoms with Crippen LogP contribution in [0.25, 0.3) is 11.4 Å². The average Bonchev–Trinajstić information content (AvgIpc) is 3.57. The number of nitrogens with two attached hydrogens (primary N) is 1. The predicted octanol–water partition coefficient (Wildman–Crippen LogP) is 6.13. The summed E-state index contributed by atoms with van der Waals surface area (Å²) in [7, 11) is 0. The van der Waals surface area contributed by atoms with E-state index < -0.39 is 22.2 Å². The Bertz CT molecular complexity index is 1990. The van der Waals surface area contributed by atoms with Crippen molar-refractivity contribution in [3.63, 3.8) is 0 Å². The van der Waals surface area contributed by atoms with Crippen LogP contribution in [0.1, 0.15) is 94.8 Å². The number of pyridine rings is 1. The number of hydrogen-bond donors (Lipinski definition) is 1. The van der Waals surface area contributed by atoms with Crippen molar-refractivity contribution in [2.24, 2.45) is 56.5 Å². The molecule has 9 nitrogen and oxygen atoms in total. The number of allylic oxidation sites excluding steroid dienone is 4. The molecule has 8 atom stereocenters. The van der Waals surface area contributed by atoms with Gasteiger partial charge in [-0.15, -0.1) is 6.42 Å². The van der Waals surface area contributed by atoms with Crippen LogP contribution < -0.4 is 5.73 Å². The van der Waals surface area contributed by atoms with Crippen molar-refractivity contribution in [1.82, 2.24) is 14.5 Å². The molecule has 3 saturated carbocycles. The van der Waals surface area contributed by atoms with Gasteiger partial charge in [-0.05, 0) is 98.7 Å². The lowest BCUT2D eigenvalue weighted by Crippen LogP contribution is -2.62. The third-order valence-electron chi connectivity index (χ3n) is 13.6. The van der Waals surface area contributed by atoms with E-state index in [0.717, 1.165) is 24.8 Å². The number of carbonyl (C=O) groups excluding carboxylic acids is 4. The molecule has 0 saturated heterocycles. The molecular weight excluding hydrogens is 614 g/mol. The Morgan fingerprint density at radius 3 is 2.47 bits per heavy atom. The van der Waals surface area contributed by atoms with Gasteiger partial charge in [0, 0.05) is 17.5 Å². The summed E-state index contributed by atoms with van der Waals surface area (Å²) in [4.78, 5) is 63.5. The number of fused-ring (bicyclic) bond motifs is 7. The van der Waals surface area contributed by atoms with Gasteiger partial charge in [0.05, 0.1) is 22.1 Å². The first-order chi connectivity index (χ1) is 23.0. The van der Waals surface area contributed by atoms with Crippen LogP contribution in [0.15, 0.2) is 54.0 Å². The normalized spacial score (nSPS) is 37.5. The van der Waals surface area contributed by atoms with E-state index in [9.17, 15) is 24.4 Å². The number of aromatic nitrogens is 3. The van der Waals surface area contributed by atoms with Gasteiger partial charge in [-0.25, -0.2) is 9.97 Å². The van der Waals surface area contributed by atoms with E-state index in [1.807, 2.05) is 6.08 Å².